The van der Waals surface area contributed by atoms with E-state index in [0.29, 0.717) is 12.2 Å². The topological polar surface area (TPSA) is 12.0 Å². The maximum Gasteiger partial charge on any atom is 0.160 e. The van der Waals surface area contributed by atoms with Crippen LogP contribution in [-0.2, 0) is 6.54 Å². The van der Waals surface area contributed by atoms with Crippen molar-refractivity contribution in [2.45, 2.75) is 13.5 Å². The van der Waals surface area contributed by atoms with Crippen LogP contribution < -0.4 is 5.32 Å². The van der Waals surface area contributed by atoms with Crippen LogP contribution in [0, 0.1) is 18.6 Å². The fraction of sp³-hybridized carbons (Fsp3) is 0.143. The van der Waals surface area contributed by atoms with Crippen LogP contribution in [0.5, 0.6) is 0 Å². The Labute approximate surface area is 120 Å². The molecule has 0 heterocycles. The molecule has 0 spiro atoms. The van der Waals surface area contributed by atoms with Gasteiger partial charge in [-0.2, -0.15) is 0 Å². The van der Waals surface area contributed by atoms with Crippen LogP contribution in [-0.4, -0.2) is 0 Å². The van der Waals surface area contributed by atoms with Crippen molar-refractivity contribution < 1.29 is 8.78 Å². The molecule has 0 aliphatic heterocycles. The summed E-state index contributed by atoms with van der Waals surface area (Å²) in [7, 11) is 0. The van der Waals surface area contributed by atoms with Crippen LogP contribution in [0.2, 0.25) is 10.0 Å². The van der Waals surface area contributed by atoms with Crippen LogP contribution in [0.15, 0.2) is 30.3 Å². The van der Waals surface area contributed by atoms with E-state index in [4.69, 9.17) is 23.2 Å². The van der Waals surface area contributed by atoms with Crippen molar-refractivity contribution in [1.29, 1.82) is 0 Å². The molecule has 0 bridgehead atoms. The number of hydrogen-bond donors (Lipinski definition) is 1. The van der Waals surface area contributed by atoms with Gasteiger partial charge < -0.3 is 5.32 Å². The molecule has 2 aromatic rings. The summed E-state index contributed by atoms with van der Waals surface area (Å²) in [6.45, 7) is 2.30. The van der Waals surface area contributed by atoms with Crippen molar-refractivity contribution in [2.75, 3.05) is 5.32 Å². The fourth-order valence-electron chi connectivity index (χ4n) is 1.71. The minimum Gasteiger partial charge on any atom is -0.381 e. The molecule has 19 heavy (non-hydrogen) atoms. The second kappa shape index (κ2) is 5.76. The van der Waals surface area contributed by atoms with E-state index in [-0.39, 0.29) is 15.9 Å². The first-order valence-electron chi connectivity index (χ1n) is 5.61. The van der Waals surface area contributed by atoms with Gasteiger partial charge in [-0.05, 0) is 42.3 Å². The molecule has 0 fully saturated rings. The molecule has 0 aromatic heterocycles. The molecule has 5 heteroatoms. The Hall–Kier alpha value is -1.32. The molecular weight excluding hydrogens is 291 g/mol. The predicted octanol–water partition coefficient (Wildman–Crippen LogP) is 5.19. The second-order valence-corrected chi connectivity index (χ2v) is 4.99. The van der Waals surface area contributed by atoms with Crippen LogP contribution in [0.4, 0.5) is 14.5 Å². The normalized spacial score (nSPS) is 10.6. The minimum atomic E-state index is -0.633. The van der Waals surface area contributed by atoms with Gasteiger partial charge in [-0.15, -0.1) is 0 Å². The highest BCUT2D eigenvalue weighted by Gasteiger charge is 2.07. The average Bonchev–Trinajstić information content (AvgIpc) is 2.34. The molecule has 0 aliphatic rings. The van der Waals surface area contributed by atoms with E-state index in [1.54, 1.807) is 6.07 Å². The molecule has 0 atom stereocenters. The van der Waals surface area contributed by atoms with Crippen molar-refractivity contribution in [3.05, 3.63) is 63.1 Å². The number of anilines is 1. The zero-order valence-electron chi connectivity index (χ0n) is 10.1. The monoisotopic (exact) mass is 301 g/mol. The van der Waals surface area contributed by atoms with E-state index >= 15 is 0 Å². The van der Waals surface area contributed by atoms with Gasteiger partial charge in [0.25, 0.3) is 0 Å². The van der Waals surface area contributed by atoms with Gasteiger partial charge in [0.05, 0.1) is 10.0 Å². The first-order valence-corrected chi connectivity index (χ1v) is 6.36. The number of rotatable bonds is 3. The summed E-state index contributed by atoms with van der Waals surface area (Å²) in [6, 6.07) is 7.48. The number of hydrogen-bond acceptors (Lipinski definition) is 1. The fourth-order valence-corrected chi connectivity index (χ4v) is 2.20. The Balaban J connectivity index is 2.14. The highest BCUT2D eigenvalue weighted by molar-refractivity contribution is 6.35. The molecule has 2 aromatic carbocycles. The molecule has 100 valence electrons. The number of aryl methyl sites for hydroxylation is 1. The third kappa shape index (κ3) is 3.37. The maximum absolute atomic E-state index is 13.2. The summed E-state index contributed by atoms with van der Waals surface area (Å²) >= 11 is 11.4. The molecule has 1 nitrogen and oxygen atoms in total. The largest absolute Gasteiger partial charge is 0.381 e. The highest BCUT2D eigenvalue weighted by atomic mass is 35.5. The van der Waals surface area contributed by atoms with Crippen LogP contribution in [0.3, 0.4) is 0 Å². The zero-order chi connectivity index (χ0) is 14.0. The summed E-state index contributed by atoms with van der Waals surface area (Å²) in [6.07, 6.45) is 0. The van der Waals surface area contributed by atoms with Crippen molar-refractivity contribution in [2.24, 2.45) is 0 Å². The first-order chi connectivity index (χ1) is 8.97. The van der Waals surface area contributed by atoms with Crippen molar-refractivity contribution in [3.63, 3.8) is 0 Å². The number of halogens is 4. The molecule has 0 amide bonds. The Morgan fingerprint density at radius 1 is 1.05 bits per heavy atom. The van der Waals surface area contributed by atoms with Gasteiger partial charge in [-0.25, -0.2) is 8.78 Å². The Kier molecular flexibility index (Phi) is 4.27. The third-order valence-corrected chi connectivity index (χ3v) is 3.32. The van der Waals surface area contributed by atoms with Gasteiger partial charge in [0, 0.05) is 12.2 Å². The van der Waals surface area contributed by atoms with E-state index in [1.165, 1.54) is 24.3 Å². The molecule has 2 rings (SSSR count). The molecule has 0 aliphatic carbocycles. The van der Waals surface area contributed by atoms with Gasteiger partial charge >= 0.3 is 0 Å². The number of benzene rings is 2. The Morgan fingerprint density at radius 3 is 2.26 bits per heavy atom. The van der Waals surface area contributed by atoms with Gasteiger partial charge in [-0.1, -0.05) is 29.3 Å². The van der Waals surface area contributed by atoms with E-state index in [9.17, 15) is 8.78 Å². The second-order valence-electron chi connectivity index (χ2n) is 4.18. The highest BCUT2D eigenvalue weighted by Crippen LogP contribution is 2.27. The smallest absolute Gasteiger partial charge is 0.160 e. The summed E-state index contributed by atoms with van der Waals surface area (Å²) in [5.41, 5.74) is 2.39. The lowest BCUT2D eigenvalue weighted by Gasteiger charge is -2.10. The standard InChI is InChI=1S/C14H11Cl2F2N/c1-8-4-10(17)3-2-9(8)7-19-11-5-12(15)14(18)13(16)6-11/h2-6,19H,7H2,1H3. The lowest BCUT2D eigenvalue weighted by molar-refractivity contribution is 0.625. The quantitative estimate of drug-likeness (QED) is 0.769. The van der Waals surface area contributed by atoms with E-state index in [2.05, 4.69) is 5.32 Å². The van der Waals surface area contributed by atoms with Crippen LogP contribution in [0.25, 0.3) is 0 Å². The predicted molar refractivity (Wildman–Crippen MR) is 74.9 cm³/mol. The van der Waals surface area contributed by atoms with Gasteiger partial charge in [-0.3, -0.25) is 0 Å². The molecular formula is C14H11Cl2F2N. The minimum absolute atomic E-state index is 0.0363. The maximum atomic E-state index is 13.2. The molecule has 0 saturated heterocycles. The van der Waals surface area contributed by atoms with E-state index < -0.39 is 5.82 Å². The lowest BCUT2D eigenvalue weighted by Crippen LogP contribution is -2.02. The summed E-state index contributed by atoms with van der Waals surface area (Å²) in [5.74, 6) is -0.902. The Morgan fingerprint density at radius 2 is 1.68 bits per heavy atom. The third-order valence-electron chi connectivity index (χ3n) is 2.77. The van der Waals surface area contributed by atoms with Crippen molar-refractivity contribution in [1.82, 2.24) is 0 Å². The SMILES string of the molecule is Cc1cc(F)ccc1CNc1cc(Cl)c(F)c(Cl)c1. The Bertz CT molecular complexity index is 591. The van der Waals surface area contributed by atoms with Crippen molar-refractivity contribution in [3.8, 4) is 0 Å². The van der Waals surface area contributed by atoms with E-state index in [1.807, 2.05) is 6.92 Å². The summed E-state index contributed by atoms with van der Waals surface area (Å²) in [4.78, 5) is 0. The summed E-state index contributed by atoms with van der Waals surface area (Å²) < 4.78 is 26.2. The number of nitrogens with one attached hydrogen (secondary N) is 1. The van der Waals surface area contributed by atoms with Gasteiger partial charge in [0.15, 0.2) is 5.82 Å². The van der Waals surface area contributed by atoms with Crippen LogP contribution in [0.1, 0.15) is 11.1 Å². The molecule has 0 saturated carbocycles. The lowest BCUT2D eigenvalue weighted by atomic mass is 10.1. The van der Waals surface area contributed by atoms with Crippen LogP contribution >= 0.6 is 23.2 Å². The summed E-state index contributed by atoms with van der Waals surface area (Å²) in [5, 5.41) is 3.00. The average molecular weight is 302 g/mol. The van der Waals surface area contributed by atoms with Gasteiger partial charge in [0.1, 0.15) is 5.82 Å². The molecule has 0 radical (unpaired) electrons. The molecule has 0 unspecified atom stereocenters. The zero-order valence-corrected chi connectivity index (χ0v) is 11.6. The van der Waals surface area contributed by atoms with E-state index in [0.717, 1.165) is 11.1 Å². The van der Waals surface area contributed by atoms with Gasteiger partial charge in [0.2, 0.25) is 0 Å². The first kappa shape index (κ1) is 14.1. The van der Waals surface area contributed by atoms with Crippen molar-refractivity contribution >= 4 is 28.9 Å². The molecule has 1 N–H and O–H groups in total.